The quantitative estimate of drug-likeness (QED) is 0.353. The molecule has 2 aromatic carbocycles. The molecule has 0 spiro atoms. The number of rotatable bonds is 2. The van der Waals surface area contributed by atoms with E-state index in [4.69, 9.17) is 28.9 Å². The van der Waals surface area contributed by atoms with E-state index in [2.05, 4.69) is 21.9 Å². The van der Waals surface area contributed by atoms with Crippen LogP contribution in [0.4, 0.5) is 13.2 Å². The molecule has 2 aromatic heterocycles. The Morgan fingerprint density at radius 2 is 1.88 bits per heavy atom. The topological polar surface area (TPSA) is 96.4 Å². The van der Waals surface area contributed by atoms with Gasteiger partial charge in [-0.1, -0.05) is 41.1 Å². The number of hydrogen-bond donors (Lipinski definition) is 3. The Morgan fingerprint density at radius 3 is 2.52 bits per heavy atom. The number of aromatic hydroxyl groups is 1. The van der Waals surface area contributed by atoms with Crippen LogP contribution < -0.4 is 11.3 Å². The lowest BCUT2D eigenvalue weighted by molar-refractivity contribution is -0.140. The van der Waals surface area contributed by atoms with Crippen LogP contribution in [0.2, 0.25) is 10.0 Å². The number of aromatic amines is 1. The van der Waals surface area contributed by atoms with Gasteiger partial charge in [0.25, 0.3) is 5.56 Å². The molecule has 0 bridgehead atoms. The molecule has 11 heteroatoms. The summed E-state index contributed by atoms with van der Waals surface area (Å²) in [6, 6.07) is 8.26. The van der Waals surface area contributed by atoms with E-state index in [1.54, 1.807) is 6.07 Å². The van der Waals surface area contributed by atoms with Crippen molar-refractivity contribution in [2.24, 2.45) is 5.73 Å². The lowest BCUT2D eigenvalue weighted by Crippen LogP contribution is -2.18. The number of aromatic nitrogens is 3. The number of nitrogens with one attached hydrogen (secondary N) is 1. The van der Waals surface area contributed by atoms with Crippen molar-refractivity contribution >= 4 is 28.8 Å². The van der Waals surface area contributed by atoms with E-state index in [0.717, 1.165) is 0 Å². The minimum absolute atomic E-state index is 0.0448. The van der Waals surface area contributed by atoms with Crippen molar-refractivity contribution in [2.75, 3.05) is 6.54 Å². The molecular weight excluding hydrogens is 480 g/mol. The van der Waals surface area contributed by atoms with Crippen LogP contribution in [-0.4, -0.2) is 26.2 Å². The number of hydrogen-bond acceptors (Lipinski definition) is 4. The summed E-state index contributed by atoms with van der Waals surface area (Å²) in [6.45, 7) is 0.126. The zero-order valence-corrected chi connectivity index (χ0v) is 18.0. The Bertz CT molecular complexity index is 1510. The minimum atomic E-state index is -4.86. The first-order valence-electron chi connectivity index (χ1n) is 9.31. The van der Waals surface area contributed by atoms with Crippen molar-refractivity contribution in [2.45, 2.75) is 6.18 Å². The van der Waals surface area contributed by atoms with Gasteiger partial charge in [0.15, 0.2) is 5.69 Å². The first-order chi connectivity index (χ1) is 15.6. The number of fused-ring (bicyclic) bond motifs is 1. The highest BCUT2D eigenvalue weighted by Crippen LogP contribution is 2.40. The average molecular weight is 493 g/mol. The second kappa shape index (κ2) is 8.48. The van der Waals surface area contributed by atoms with E-state index in [9.17, 15) is 23.1 Å². The van der Waals surface area contributed by atoms with Gasteiger partial charge >= 0.3 is 6.18 Å². The van der Waals surface area contributed by atoms with Crippen LogP contribution in [0.1, 0.15) is 11.3 Å². The summed E-state index contributed by atoms with van der Waals surface area (Å²) >= 11 is 11.9. The van der Waals surface area contributed by atoms with Gasteiger partial charge in [0.2, 0.25) is 0 Å². The van der Waals surface area contributed by atoms with Gasteiger partial charge in [-0.25, -0.2) is 0 Å². The molecule has 2 heterocycles. The Morgan fingerprint density at radius 1 is 1.12 bits per heavy atom. The summed E-state index contributed by atoms with van der Waals surface area (Å²) in [7, 11) is 0. The number of nitrogens with two attached hydrogens (primary N) is 1. The number of alkyl halides is 3. The molecule has 0 radical (unpaired) electrons. The molecule has 0 saturated heterocycles. The predicted octanol–water partition coefficient (Wildman–Crippen LogP) is 4.70. The normalized spacial score (nSPS) is 11.5. The third-order valence-corrected chi connectivity index (χ3v) is 5.50. The average Bonchev–Trinajstić information content (AvgIpc) is 3.16. The van der Waals surface area contributed by atoms with E-state index in [-0.39, 0.29) is 50.2 Å². The number of nitrogens with zero attached hydrogens (tertiary/aromatic N) is 2. The van der Waals surface area contributed by atoms with Crippen molar-refractivity contribution in [1.82, 2.24) is 14.6 Å². The van der Waals surface area contributed by atoms with Gasteiger partial charge in [-0.2, -0.15) is 22.8 Å². The summed E-state index contributed by atoms with van der Waals surface area (Å²) in [5.74, 6) is 5.09. The summed E-state index contributed by atoms with van der Waals surface area (Å²) in [6.07, 6.45) is -3.65. The molecule has 33 heavy (non-hydrogen) atoms. The summed E-state index contributed by atoms with van der Waals surface area (Å²) in [4.78, 5) is 15.8. The molecule has 0 aliphatic rings. The molecule has 0 fully saturated rings. The molecule has 4 aromatic rings. The van der Waals surface area contributed by atoms with Crippen molar-refractivity contribution in [3.8, 4) is 39.8 Å². The smallest absolute Gasteiger partial charge is 0.435 e. The van der Waals surface area contributed by atoms with Crippen LogP contribution in [0.3, 0.4) is 0 Å². The fourth-order valence-corrected chi connectivity index (χ4v) is 3.62. The van der Waals surface area contributed by atoms with Crippen LogP contribution in [0.15, 0.2) is 47.4 Å². The van der Waals surface area contributed by atoms with E-state index < -0.39 is 17.4 Å². The Hall–Kier alpha value is -3.45. The third-order valence-electron chi connectivity index (χ3n) is 4.76. The Kier molecular flexibility index (Phi) is 5.84. The Balaban J connectivity index is 1.96. The van der Waals surface area contributed by atoms with Gasteiger partial charge in [-0.15, -0.1) is 0 Å². The Labute approximate surface area is 194 Å². The predicted molar refractivity (Wildman–Crippen MR) is 119 cm³/mol. The van der Waals surface area contributed by atoms with Crippen LogP contribution >= 0.6 is 23.2 Å². The van der Waals surface area contributed by atoms with Gasteiger partial charge < -0.3 is 15.8 Å². The van der Waals surface area contributed by atoms with Gasteiger partial charge in [0, 0.05) is 17.3 Å². The van der Waals surface area contributed by atoms with Crippen LogP contribution in [0, 0.1) is 11.8 Å². The third kappa shape index (κ3) is 4.16. The van der Waals surface area contributed by atoms with Gasteiger partial charge in [-0.05, 0) is 35.9 Å². The van der Waals surface area contributed by atoms with Gasteiger partial charge in [-0.3, -0.25) is 4.79 Å². The van der Waals surface area contributed by atoms with Crippen LogP contribution in [0.5, 0.6) is 5.75 Å². The van der Waals surface area contributed by atoms with E-state index in [0.29, 0.717) is 10.1 Å². The highest BCUT2D eigenvalue weighted by Gasteiger charge is 2.39. The number of phenols is 1. The highest BCUT2D eigenvalue weighted by molar-refractivity contribution is 6.42. The zero-order valence-electron chi connectivity index (χ0n) is 16.5. The van der Waals surface area contributed by atoms with Crippen LogP contribution in [0.25, 0.3) is 27.9 Å². The van der Waals surface area contributed by atoms with Gasteiger partial charge in [0.1, 0.15) is 11.4 Å². The SMILES string of the molecule is NCC#Cc1ccc(-c2c[nH]c3c(-c4ccc(Cl)c(Cl)c4)c(C(F)(F)F)nn3c2=O)c(O)c1. The second-order valence-corrected chi connectivity index (χ2v) is 7.67. The van der Waals surface area contributed by atoms with E-state index in [1.807, 2.05) is 0 Å². The maximum Gasteiger partial charge on any atom is 0.435 e. The molecule has 0 aliphatic heterocycles. The number of halogens is 5. The second-order valence-electron chi connectivity index (χ2n) is 6.86. The summed E-state index contributed by atoms with van der Waals surface area (Å²) in [5, 5.41) is 14.1. The van der Waals surface area contributed by atoms with Crippen molar-refractivity contribution < 1.29 is 18.3 Å². The first kappa shape index (κ1) is 22.7. The van der Waals surface area contributed by atoms with E-state index in [1.165, 1.54) is 36.5 Å². The number of H-pyrrole nitrogens is 1. The standard InChI is InChI=1S/C22H13Cl2F3N4O2/c23-15-6-4-12(9-16(15)24)18-19(22(25,26)27)30-31-20(18)29-10-14(21(31)33)13-5-3-11(2-1-7-28)8-17(13)32/h3-6,8-10,29,32H,7,28H2. The molecule has 4 rings (SSSR count). The molecule has 0 aliphatic carbocycles. The molecule has 6 nitrogen and oxygen atoms in total. The maximum absolute atomic E-state index is 13.8. The van der Waals surface area contributed by atoms with Crippen LogP contribution in [-0.2, 0) is 6.18 Å². The lowest BCUT2D eigenvalue weighted by atomic mass is 10.0. The molecule has 4 N–H and O–H groups in total. The molecule has 0 amide bonds. The lowest BCUT2D eigenvalue weighted by Gasteiger charge is -2.08. The zero-order chi connectivity index (χ0) is 23.9. The molecule has 0 saturated carbocycles. The fourth-order valence-electron chi connectivity index (χ4n) is 3.32. The summed E-state index contributed by atoms with van der Waals surface area (Å²) in [5.41, 5.74) is 3.17. The minimum Gasteiger partial charge on any atom is -0.507 e. The van der Waals surface area contributed by atoms with Gasteiger partial charge in [0.05, 0.1) is 27.7 Å². The van der Waals surface area contributed by atoms with E-state index >= 15 is 0 Å². The molecular formula is C22H13Cl2F3N4O2. The van der Waals surface area contributed by atoms with Crippen molar-refractivity contribution in [3.63, 3.8) is 0 Å². The number of benzene rings is 2. The highest BCUT2D eigenvalue weighted by atomic mass is 35.5. The molecule has 0 unspecified atom stereocenters. The monoisotopic (exact) mass is 492 g/mol. The van der Waals surface area contributed by atoms with Crippen molar-refractivity contribution in [3.05, 3.63) is 74.3 Å². The first-order valence-corrected chi connectivity index (χ1v) is 10.1. The maximum atomic E-state index is 13.8. The number of phenolic OH excluding ortho intramolecular Hbond substituents is 1. The fraction of sp³-hybridized carbons (Fsp3) is 0.0909. The largest absolute Gasteiger partial charge is 0.507 e. The molecule has 168 valence electrons. The molecule has 0 atom stereocenters. The van der Waals surface area contributed by atoms with Crippen molar-refractivity contribution in [1.29, 1.82) is 0 Å². The summed E-state index contributed by atoms with van der Waals surface area (Å²) < 4.78 is 42.0.